The lowest BCUT2D eigenvalue weighted by molar-refractivity contribution is 0.415. The Hall–Kier alpha value is -2.59. The molecule has 2 aromatic carbocycles. The Kier molecular flexibility index (Phi) is 4.76. The number of methoxy groups -OCH3 is 1. The van der Waals surface area contributed by atoms with Crippen LogP contribution in [-0.2, 0) is 11.8 Å². The molecule has 0 spiro atoms. The number of hydrogen-bond donors (Lipinski definition) is 1. The van der Waals surface area contributed by atoms with Gasteiger partial charge in [0.2, 0.25) is 0 Å². The number of rotatable bonds is 5. The number of benzene rings is 2. The van der Waals surface area contributed by atoms with E-state index in [1.807, 2.05) is 24.3 Å². The van der Waals surface area contributed by atoms with Crippen molar-refractivity contribution < 1.29 is 4.74 Å². The van der Waals surface area contributed by atoms with Crippen molar-refractivity contribution in [2.45, 2.75) is 11.8 Å². The van der Waals surface area contributed by atoms with Gasteiger partial charge in [-0.2, -0.15) is 0 Å². The summed E-state index contributed by atoms with van der Waals surface area (Å²) in [7, 11) is 1.69. The predicted molar refractivity (Wildman–Crippen MR) is 110 cm³/mol. The third kappa shape index (κ3) is 3.25. The van der Waals surface area contributed by atoms with Crippen LogP contribution in [0.1, 0.15) is 17.0 Å². The van der Waals surface area contributed by atoms with Gasteiger partial charge in [-0.1, -0.05) is 52.3 Å². The predicted octanol–water partition coefficient (Wildman–Crippen LogP) is 5.72. The average molecular weight is 407 g/mol. The van der Waals surface area contributed by atoms with E-state index < -0.39 is 0 Å². The fraction of sp³-hybridized carbons (Fsp3) is 0.136. The van der Waals surface area contributed by atoms with E-state index in [0.29, 0.717) is 0 Å². The van der Waals surface area contributed by atoms with Crippen LogP contribution in [0, 0.1) is 0 Å². The van der Waals surface area contributed by atoms with Crippen molar-refractivity contribution >= 4 is 26.8 Å². The molecular weight excluding hydrogens is 388 g/mol. The zero-order valence-electron chi connectivity index (χ0n) is 14.5. The minimum Gasteiger partial charge on any atom is -0.497 e. The molecule has 0 fully saturated rings. The van der Waals surface area contributed by atoms with Gasteiger partial charge in [0.25, 0.3) is 0 Å². The maximum atomic E-state index is 5.39. The molecule has 3 nitrogen and oxygen atoms in total. The molecule has 0 aliphatic carbocycles. The smallest absolute Gasteiger partial charge is 0.120 e. The Morgan fingerprint density at radius 2 is 1.77 bits per heavy atom. The van der Waals surface area contributed by atoms with E-state index in [4.69, 9.17) is 9.72 Å². The second kappa shape index (κ2) is 7.34. The van der Waals surface area contributed by atoms with Crippen LogP contribution in [0.4, 0.5) is 0 Å². The van der Waals surface area contributed by atoms with Crippen molar-refractivity contribution in [3.8, 4) is 17.0 Å². The zero-order valence-corrected chi connectivity index (χ0v) is 16.1. The van der Waals surface area contributed by atoms with Gasteiger partial charge < -0.3 is 9.72 Å². The van der Waals surface area contributed by atoms with Gasteiger partial charge in [0, 0.05) is 34.4 Å². The zero-order chi connectivity index (χ0) is 17.9. The van der Waals surface area contributed by atoms with Crippen molar-refractivity contribution in [1.82, 2.24) is 9.97 Å². The molecule has 0 radical (unpaired) electrons. The second-order valence-electron chi connectivity index (χ2n) is 6.19. The number of H-pyrrole nitrogens is 1. The third-order valence-corrected chi connectivity index (χ3v) is 5.11. The van der Waals surface area contributed by atoms with Gasteiger partial charge >= 0.3 is 0 Å². The third-order valence-electron chi connectivity index (χ3n) is 4.54. The number of pyridine rings is 1. The quantitative estimate of drug-likeness (QED) is 0.430. The Bertz CT molecular complexity index is 1040. The number of aromatic amines is 1. The highest BCUT2D eigenvalue weighted by Gasteiger charge is 2.15. The van der Waals surface area contributed by atoms with Crippen molar-refractivity contribution in [3.63, 3.8) is 0 Å². The maximum Gasteiger partial charge on any atom is 0.120 e. The fourth-order valence-corrected chi connectivity index (χ4v) is 3.59. The first-order valence-electron chi connectivity index (χ1n) is 8.53. The molecule has 0 atom stereocenters. The van der Waals surface area contributed by atoms with E-state index in [9.17, 15) is 0 Å². The van der Waals surface area contributed by atoms with Crippen molar-refractivity contribution in [2.75, 3.05) is 7.11 Å². The van der Waals surface area contributed by atoms with E-state index in [1.165, 1.54) is 16.5 Å². The van der Waals surface area contributed by atoms with Crippen molar-refractivity contribution in [2.24, 2.45) is 0 Å². The van der Waals surface area contributed by atoms with Crippen LogP contribution >= 0.6 is 15.9 Å². The minimum atomic E-state index is 0.761. The molecule has 0 aliphatic rings. The number of hydrogen-bond acceptors (Lipinski definition) is 2. The fourth-order valence-electron chi connectivity index (χ4n) is 3.28. The SMILES string of the molecule is COc1ccc2c(Cc3cccc(CBr)n3)c(-c3ccccc3)[nH]c2c1. The van der Waals surface area contributed by atoms with Gasteiger partial charge in [0.15, 0.2) is 0 Å². The summed E-state index contributed by atoms with van der Waals surface area (Å²) in [5.74, 6) is 0.851. The van der Waals surface area contributed by atoms with Gasteiger partial charge in [-0.15, -0.1) is 0 Å². The van der Waals surface area contributed by atoms with Crippen LogP contribution in [-0.4, -0.2) is 17.1 Å². The first-order chi connectivity index (χ1) is 12.8. The molecule has 0 aliphatic heterocycles. The summed E-state index contributed by atoms with van der Waals surface area (Å²) in [5.41, 5.74) is 6.76. The summed E-state index contributed by atoms with van der Waals surface area (Å²) < 4.78 is 5.39. The standard InChI is InChI=1S/C22H19BrN2O/c1-26-18-10-11-19-20(12-16-8-5-9-17(14-23)24-16)22(25-21(19)13-18)15-6-3-2-4-7-15/h2-11,13,25H,12,14H2,1H3. The summed E-state index contributed by atoms with van der Waals surface area (Å²) in [6.07, 6.45) is 0.775. The largest absolute Gasteiger partial charge is 0.497 e. The number of aromatic nitrogens is 2. The van der Waals surface area contributed by atoms with E-state index in [0.717, 1.165) is 40.1 Å². The molecule has 4 rings (SSSR count). The highest BCUT2D eigenvalue weighted by atomic mass is 79.9. The molecule has 2 heterocycles. The van der Waals surface area contributed by atoms with E-state index >= 15 is 0 Å². The minimum absolute atomic E-state index is 0.761. The molecule has 1 N–H and O–H groups in total. The first-order valence-corrected chi connectivity index (χ1v) is 9.65. The molecule has 0 saturated heterocycles. The van der Waals surface area contributed by atoms with E-state index in [-0.39, 0.29) is 0 Å². The normalized spacial score (nSPS) is 11.0. The molecule has 4 aromatic rings. The lowest BCUT2D eigenvalue weighted by atomic mass is 10.0. The Morgan fingerprint density at radius 3 is 2.54 bits per heavy atom. The molecule has 0 saturated carbocycles. The van der Waals surface area contributed by atoms with Crippen LogP contribution < -0.4 is 4.74 Å². The van der Waals surface area contributed by atoms with Crippen molar-refractivity contribution in [3.05, 3.63) is 83.7 Å². The Labute approximate surface area is 161 Å². The molecule has 0 unspecified atom stereocenters. The van der Waals surface area contributed by atoms with E-state index in [2.05, 4.69) is 63.4 Å². The van der Waals surface area contributed by atoms with Gasteiger partial charge in [-0.05, 0) is 35.4 Å². The molecule has 2 aromatic heterocycles. The summed E-state index contributed by atoms with van der Waals surface area (Å²) in [4.78, 5) is 8.34. The topological polar surface area (TPSA) is 37.9 Å². The number of alkyl halides is 1. The number of nitrogens with one attached hydrogen (secondary N) is 1. The number of fused-ring (bicyclic) bond motifs is 1. The van der Waals surface area contributed by atoms with Crippen LogP contribution in [0.15, 0.2) is 66.7 Å². The van der Waals surface area contributed by atoms with Crippen LogP contribution in [0.3, 0.4) is 0 Å². The van der Waals surface area contributed by atoms with Gasteiger partial charge in [0.05, 0.1) is 18.5 Å². The second-order valence-corrected chi connectivity index (χ2v) is 6.75. The van der Waals surface area contributed by atoms with Crippen LogP contribution in [0.2, 0.25) is 0 Å². The van der Waals surface area contributed by atoms with E-state index in [1.54, 1.807) is 7.11 Å². The molecule has 26 heavy (non-hydrogen) atoms. The number of nitrogens with zero attached hydrogens (tertiary/aromatic N) is 1. The Balaban J connectivity index is 1.87. The highest BCUT2D eigenvalue weighted by molar-refractivity contribution is 9.08. The van der Waals surface area contributed by atoms with Gasteiger partial charge in [0.1, 0.15) is 5.75 Å². The summed E-state index contributed by atoms with van der Waals surface area (Å²) in [6.45, 7) is 0. The van der Waals surface area contributed by atoms with Crippen molar-refractivity contribution in [1.29, 1.82) is 0 Å². The molecule has 130 valence electrons. The van der Waals surface area contributed by atoms with Crippen LogP contribution in [0.5, 0.6) is 5.75 Å². The number of halogens is 1. The lowest BCUT2D eigenvalue weighted by Gasteiger charge is -2.07. The highest BCUT2D eigenvalue weighted by Crippen LogP contribution is 2.33. The summed E-state index contributed by atoms with van der Waals surface area (Å²) >= 11 is 3.49. The Morgan fingerprint density at radius 1 is 0.962 bits per heavy atom. The maximum absolute atomic E-state index is 5.39. The molecular formula is C22H19BrN2O. The average Bonchev–Trinajstić information content (AvgIpc) is 3.06. The molecule has 0 bridgehead atoms. The van der Waals surface area contributed by atoms with Crippen LogP contribution in [0.25, 0.3) is 22.2 Å². The van der Waals surface area contributed by atoms with Gasteiger partial charge in [-0.25, -0.2) is 0 Å². The summed E-state index contributed by atoms with van der Waals surface area (Å²) in [5, 5.41) is 1.97. The van der Waals surface area contributed by atoms with Gasteiger partial charge in [-0.3, -0.25) is 4.98 Å². The molecule has 0 amide bonds. The molecule has 4 heteroatoms. The number of ether oxygens (including phenoxy) is 1. The monoisotopic (exact) mass is 406 g/mol. The lowest BCUT2D eigenvalue weighted by Crippen LogP contribution is -1.96. The summed E-state index contributed by atoms with van der Waals surface area (Å²) in [6, 6.07) is 22.8. The first kappa shape index (κ1) is 16.9.